The van der Waals surface area contributed by atoms with Crippen LogP contribution in [0.1, 0.15) is 23.6 Å². The second-order valence-electron chi connectivity index (χ2n) is 7.91. The molecule has 0 heterocycles. The summed E-state index contributed by atoms with van der Waals surface area (Å²) in [5, 5.41) is 15.2. The Bertz CT molecular complexity index is 1330. The number of aryl methyl sites for hydroxylation is 2. The molecule has 0 radical (unpaired) electrons. The Morgan fingerprint density at radius 3 is 2.47 bits per heavy atom. The molecule has 0 fully saturated rings. The van der Waals surface area contributed by atoms with Gasteiger partial charge in [0, 0.05) is 11.4 Å². The van der Waals surface area contributed by atoms with Crippen molar-refractivity contribution in [3.05, 3.63) is 87.9 Å². The summed E-state index contributed by atoms with van der Waals surface area (Å²) in [4.78, 5) is 25.0. The minimum Gasteiger partial charge on any atom is -0.490 e. The van der Waals surface area contributed by atoms with Gasteiger partial charge >= 0.3 is 0 Å². The van der Waals surface area contributed by atoms with Gasteiger partial charge in [-0.1, -0.05) is 41.9 Å². The number of rotatable bonds is 9. The minimum absolute atomic E-state index is 0.112. The first-order valence-electron chi connectivity index (χ1n) is 11.2. The van der Waals surface area contributed by atoms with E-state index in [0.29, 0.717) is 23.5 Å². The monoisotopic (exact) mass is 503 g/mol. The number of amides is 2. The van der Waals surface area contributed by atoms with E-state index in [9.17, 15) is 14.9 Å². The smallest absolute Gasteiger partial charge is 0.266 e. The summed E-state index contributed by atoms with van der Waals surface area (Å²) >= 11 is 6.45. The van der Waals surface area contributed by atoms with Crippen molar-refractivity contribution in [3.8, 4) is 17.6 Å². The molecular weight excluding hydrogens is 478 g/mol. The fourth-order valence-electron chi connectivity index (χ4n) is 3.30. The lowest BCUT2D eigenvalue weighted by molar-refractivity contribution is -0.118. The van der Waals surface area contributed by atoms with E-state index < -0.39 is 5.91 Å². The molecule has 3 aromatic rings. The lowest BCUT2D eigenvalue weighted by Gasteiger charge is -2.15. The van der Waals surface area contributed by atoms with Gasteiger partial charge in [-0.15, -0.1) is 0 Å². The zero-order chi connectivity index (χ0) is 26.1. The van der Waals surface area contributed by atoms with E-state index >= 15 is 0 Å². The number of hydrogen-bond donors (Lipinski definition) is 2. The number of carbonyl (C=O) groups is 2. The number of nitrogens with zero attached hydrogens (tertiary/aromatic N) is 1. The van der Waals surface area contributed by atoms with Gasteiger partial charge in [-0.05, 0) is 73.9 Å². The average molecular weight is 504 g/mol. The highest BCUT2D eigenvalue weighted by molar-refractivity contribution is 6.32. The average Bonchev–Trinajstić information content (AvgIpc) is 2.85. The zero-order valence-electron chi connectivity index (χ0n) is 20.2. The van der Waals surface area contributed by atoms with Crippen LogP contribution >= 0.6 is 11.6 Å². The zero-order valence-corrected chi connectivity index (χ0v) is 21.0. The van der Waals surface area contributed by atoms with Gasteiger partial charge in [0.15, 0.2) is 18.1 Å². The Morgan fingerprint density at radius 2 is 1.78 bits per heavy atom. The summed E-state index contributed by atoms with van der Waals surface area (Å²) in [6, 6.07) is 19.6. The largest absolute Gasteiger partial charge is 0.490 e. The maximum Gasteiger partial charge on any atom is 0.266 e. The summed E-state index contributed by atoms with van der Waals surface area (Å²) in [6.07, 6.45) is 1.41. The van der Waals surface area contributed by atoms with E-state index in [1.165, 1.54) is 12.1 Å². The third-order valence-electron chi connectivity index (χ3n) is 5.05. The number of nitrogens with one attached hydrogen (secondary N) is 2. The SMILES string of the molecule is CCOc1cc(/C=C(\C#N)C(=O)Nc2ccccc2)cc(Cl)c1OCC(=O)Nc1cc(C)ccc1C. The van der Waals surface area contributed by atoms with E-state index in [4.69, 9.17) is 21.1 Å². The maximum absolute atomic E-state index is 12.5. The summed E-state index contributed by atoms with van der Waals surface area (Å²) in [6.45, 7) is 5.67. The first kappa shape index (κ1) is 26.3. The molecule has 0 aliphatic rings. The van der Waals surface area contributed by atoms with Gasteiger partial charge in [0.25, 0.3) is 11.8 Å². The summed E-state index contributed by atoms with van der Waals surface area (Å²) in [5.41, 5.74) is 3.59. The number of anilines is 2. The summed E-state index contributed by atoms with van der Waals surface area (Å²) in [7, 11) is 0. The second kappa shape index (κ2) is 12.4. The molecule has 0 spiro atoms. The lowest BCUT2D eigenvalue weighted by atomic mass is 10.1. The quantitative estimate of drug-likeness (QED) is 0.279. The van der Waals surface area contributed by atoms with Gasteiger partial charge in [-0.3, -0.25) is 9.59 Å². The number of hydrogen-bond acceptors (Lipinski definition) is 5. The molecule has 0 aliphatic carbocycles. The normalized spacial score (nSPS) is 10.8. The van der Waals surface area contributed by atoms with Crippen molar-refractivity contribution >= 4 is 40.9 Å². The van der Waals surface area contributed by atoms with E-state index in [1.54, 1.807) is 37.3 Å². The fourth-order valence-corrected chi connectivity index (χ4v) is 3.58. The number of benzene rings is 3. The van der Waals surface area contributed by atoms with Gasteiger partial charge < -0.3 is 20.1 Å². The van der Waals surface area contributed by atoms with Crippen molar-refractivity contribution in [2.24, 2.45) is 0 Å². The van der Waals surface area contributed by atoms with Crippen LogP contribution in [0.4, 0.5) is 11.4 Å². The minimum atomic E-state index is -0.554. The molecule has 0 bridgehead atoms. The van der Waals surface area contributed by atoms with Crippen molar-refractivity contribution in [2.45, 2.75) is 20.8 Å². The molecule has 184 valence electrons. The highest BCUT2D eigenvalue weighted by Crippen LogP contribution is 2.37. The van der Waals surface area contributed by atoms with Crippen LogP contribution in [-0.2, 0) is 9.59 Å². The predicted molar refractivity (Wildman–Crippen MR) is 141 cm³/mol. The molecule has 7 nitrogen and oxygen atoms in total. The Labute approximate surface area is 215 Å². The Kier molecular flexibility index (Phi) is 9.09. The van der Waals surface area contributed by atoms with Crippen molar-refractivity contribution in [1.82, 2.24) is 0 Å². The Morgan fingerprint density at radius 1 is 1.03 bits per heavy atom. The molecule has 2 amide bonds. The van der Waals surface area contributed by atoms with E-state index in [0.717, 1.165) is 11.1 Å². The molecule has 0 aromatic heterocycles. The van der Waals surface area contributed by atoms with Crippen LogP contribution in [0.15, 0.2) is 66.2 Å². The lowest BCUT2D eigenvalue weighted by Crippen LogP contribution is -2.21. The van der Waals surface area contributed by atoms with Crippen LogP contribution in [0.2, 0.25) is 5.02 Å². The molecule has 2 N–H and O–H groups in total. The molecule has 0 atom stereocenters. The maximum atomic E-state index is 12.5. The third-order valence-corrected chi connectivity index (χ3v) is 5.33. The van der Waals surface area contributed by atoms with Gasteiger partial charge in [0.1, 0.15) is 11.6 Å². The standard InChI is InChI=1S/C28H26ClN3O4/c1-4-35-25-15-20(13-21(16-30)28(34)31-22-8-6-5-7-9-22)14-23(29)27(25)36-17-26(33)32-24-12-18(2)10-11-19(24)3/h5-15H,4,17H2,1-3H3,(H,31,34)(H,32,33)/b21-13+. The molecule has 0 saturated heterocycles. The highest BCUT2D eigenvalue weighted by atomic mass is 35.5. The second-order valence-corrected chi connectivity index (χ2v) is 8.32. The summed E-state index contributed by atoms with van der Waals surface area (Å²) in [5.74, 6) is -0.424. The van der Waals surface area contributed by atoms with E-state index in [2.05, 4.69) is 10.6 Å². The molecule has 3 aromatic carbocycles. The van der Waals surface area contributed by atoms with Crippen molar-refractivity contribution in [2.75, 3.05) is 23.8 Å². The van der Waals surface area contributed by atoms with Gasteiger partial charge in [0.05, 0.1) is 11.6 Å². The molecule has 3 rings (SSSR count). The van der Waals surface area contributed by atoms with Crippen molar-refractivity contribution in [1.29, 1.82) is 5.26 Å². The van der Waals surface area contributed by atoms with E-state index in [-0.39, 0.29) is 34.6 Å². The number of halogens is 1. The molecular formula is C28H26ClN3O4. The Balaban J connectivity index is 1.77. The highest BCUT2D eigenvalue weighted by Gasteiger charge is 2.16. The van der Waals surface area contributed by atoms with Crippen LogP contribution in [-0.4, -0.2) is 25.0 Å². The van der Waals surface area contributed by atoms with Crippen molar-refractivity contribution < 1.29 is 19.1 Å². The molecule has 36 heavy (non-hydrogen) atoms. The van der Waals surface area contributed by atoms with Crippen molar-refractivity contribution in [3.63, 3.8) is 0 Å². The topological polar surface area (TPSA) is 100 Å². The number of ether oxygens (including phenoxy) is 2. The van der Waals surface area contributed by atoms with Crippen LogP contribution in [0.5, 0.6) is 11.5 Å². The van der Waals surface area contributed by atoms with Crippen LogP contribution < -0.4 is 20.1 Å². The van der Waals surface area contributed by atoms with Gasteiger partial charge in [0.2, 0.25) is 0 Å². The third kappa shape index (κ3) is 7.11. The van der Waals surface area contributed by atoms with Crippen LogP contribution in [0.3, 0.4) is 0 Å². The fraction of sp³-hybridized carbons (Fsp3) is 0.179. The van der Waals surface area contributed by atoms with Gasteiger partial charge in [-0.2, -0.15) is 5.26 Å². The first-order chi connectivity index (χ1) is 17.3. The number of carbonyl (C=O) groups excluding carboxylic acids is 2. The Hall–Kier alpha value is -4.28. The molecule has 0 aliphatic heterocycles. The predicted octanol–water partition coefficient (Wildman–Crippen LogP) is 5.92. The number of para-hydroxylation sites is 1. The first-order valence-corrected chi connectivity index (χ1v) is 11.6. The van der Waals surface area contributed by atoms with Crippen LogP contribution in [0.25, 0.3) is 6.08 Å². The van der Waals surface area contributed by atoms with E-state index in [1.807, 2.05) is 44.2 Å². The van der Waals surface area contributed by atoms with Gasteiger partial charge in [-0.25, -0.2) is 0 Å². The number of nitriles is 1. The molecule has 0 saturated carbocycles. The molecule has 0 unspecified atom stereocenters. The molecule has 8 heteroatoms. The summed E-state index contributed by atoms with van der Waals surface area (Å²) < 4.78 is 11.4. The van der Waals surface area contributed by atoms with Crippen LogP contribution in [0, 0.1) is 25.2 Å².